The largest absolute Gasteiger partial charge is 0.379 e. The van der Waals surface area contributed by atoms with Crippen molar-refractivity contribution in [2.75, 3.05) is 32.8 Å². The van der Waals surface area contributed by atoms with Crippen LogP contribution in [0.3, 0.4) is 0 Å². The number of benzene rings is 1. The Morgan fingerprint density at radius 2 is 2.07 bits per heavy atom. The molecule has 2 atom stereocenters. The summed E-state index contributed by atoms with van der Waals surface area (Å²) in [5.74, 6) is 0.178. The second-order valence-electron chi connectivity index (χ2n) is 8.18. The third kappa shape index (κ3) is 3.47. The number of ether oxygens (including phenoxy) is 1. The molecule has 2 aliphatic rings. The second-order valence-corrected chi connectivity index (χ2v) is 8.18. The minimum atomic E-state index is -0.206. The lowest BCUT2D eigenvalue weighted by molar-refractivity contribution is -0.132. The molecular weight excluding hydrogens is 384 g/mol. The minimum absolute atomic E-state index is 0.0670. The van der Waals surface area contributed by atoms with Crippen LogP contribution in [0.5, 0.6) is 0 Å². The maximum Gasteiger partial charge on any atom is 0.292 e. The van der Waals surface area contributed by atoms with E-state index in [4.69, 9.17) is 9.26 Å². The van der Waals surface area contributed by atoms with Crippen LogP contribution in [-0.2, 0) is 16.0 Å². The first-order chi connectivity index (χ1) is 14.6. The molecule has 8 nitrogen and oxygen atoms in total. The zero-order valence-corrected chi connectivity index (χ0v) is 16.8. The molecule has 8 heteroatoms. The fraction of sp³-hybridized carbons (Fsp3) is 0.409. The SMILES string of the molecule is Cc1cc(C(=O)N2C[C@H]3COC[C@@H]2CN(C(=O)Cc2c[nH]c4ccccc24)C3)on1. The highest BCUT2D eigenvalue weighted by atomic mass is 16.5. The number of rotatable bonds is 3. The third-order valence-electron chi connectivity index (χ3n) is 5.94. The van der Waals surface area contributed by atoms with Crippen molar-refractivity contribution in [2.45, 2.75) is 19.4 Å². The van der Waals surface area contributed by atoms with Gasteiger partial charge in [-0.3, -0.25) is 9.59 Å². The highest BCUT2D eigenvalue weighted by Crippen LogP contribution is 2.24. The monoisotopic (exact) mass is 408 g/mol. The first-order valence-electron chi connectivity index (χ1n) is 10.2. The van der Waals surface area contributed by atoms with Crippen molar-refractivity contribution < 1.29 is 18.8 Å². The van der Waals surface area contributed by atoms with Crippen LogP contribution in [0.25, 0.3) is 10.9 Å². The number of carbonyl (C=O) groups excluding carboxylic acids is 2. The van der Waals surface area contributed by atoms with Gasteiger partial charge in [-0.1, -0.05) is 23.4 Å². The van der Waals surface area contributed by atoms with Gasteiger partial charge in [-0.2, -0.15) is 0 Å². The van der Waals surface area contributed by atoms with Crippen molar-refractivity contribution in [1.29, 1.82) is 0 Å². The Labute approximate surface area is 173 Å². The number of hydrogen-bond acceptors (Lipinski definition) is 5. The van der Waals surface area contributed by atoms with Gasteiger partial charge in [0.25, 0.3) is 5.91 Å². The fourth-order valence-corrected chi connectivity index (χ4v) is 4.45. The lowest BCUT2D eigenvalue weighted by atomic mass is 10.1. The number of carbonyl (C=O) groups is 2. The normalized spacial score (nSPS) is 21.6. The predicted molar refractivity (Wildman–Crippen MR) is 109 cm³/mol. The van der Waals surface area contributed by atoms with Gasteiger partial charge in [0.05, 0.1) is 31.4 Å². The molecule has 2 amide bonds. The maximum absolute atomic E-state index is 13.2. The first-order valence-corrected chi connectivity index (χ1v) is 10.2. The van der Waals surface area contributed by atoms with Gasteiger partial charge in [0.15, 0.2) is 0 Å². The van der Waals surface area contributed by atoms with Gasteiger partial charge in [-0.25, -0.2) is 0 Å². The Morgan fingerprint density at radius 3 is 2.90 bits per heavy atom. The first kappa shape index (κ1) is 18.9. The lowest BCUT2D eigenvalue weighted by Gasteiger charge is -2.30. The Balaban J connectivity index is 1.35. The Morgan fingerprint density at radius 1 is 1.20 bits per heavy atom. The molecule has 2 aliphatic heterocycles. The Bertz CT molecular complexity index is 1090. The van der Waals surface area contributed by atoms with E-state index >= 15 is 0 Å². The number of hydrogen-bond donors (Lipinski definition) is 1. The van der Waals surface area contributed by atoms with Crippen LogP contribution in [0.2, 0.25) is 0 Å². The number of nitrogens with zero attached hydrogens (tertiary/aromatic N) is 3. The fourth-order valence-electron chi connectivity index (χ4n) is 4.45. The average molecular weight is 408 g/mol. The minimum Gasteiger partial charge on any atom is -0.379 e. The molecule has 2 bridgehead atoms. The molecular formula is C22H24N4O4. The second kappa shape index (κ2) is 7.60. The highest BCUT2D eigenvalue weighted by Gasteiger charge is 2.38. The molecule has 3 aromatic rings. The van der Waals surface area contributed by atoms with E-state index < -0.39 is 0 Å². The molecule has 1 N–H and O–H groups in total. The van der Waals surface area contributed by atoms with E-state index in [-0.39, 0.29) is 29.5 Å². The topological polar surface area (TPSA) is 91.7 Å². The zero-order valence-electron chi connectivity index (χ0n) is 16.8. The molecule has 2 saturated heterocycles. The molecule has 4 heterocycles. The van der Waals surface area contributed by atoms with E-state index in [1.165, 1.54) is 0 Å². The van der Waals surface area contributed by atoms with Gasteiger partial charge in [0.2, 0.25) is 11.7 Å². The van der Waals surface area contributed by atoms with Crippen molar-refractivity contribution in [3.63, 3.8) is 0 Å². The summed E-state index contributed by atoms with van der Waals surface area (Å²) in [6.45, 7) is 4.31. The van der Waals surface area contributed by atoms with E-state index in [1.807, 2.05) is 35.4 Å². The van der Waals surface area contributed by atoms with E-state index in [0.29, 0.717) is 45.0 Å². The quantitative estimate of drug-likeness (QED) is 0.716. The van der Waals surface area contributed by atoms with Crippen molar-refractivity contribution in [3.8, 4) is 0 Å². The summed E-state index contributed by atoms with van der Waals surface area (Å²) in [5.41, 5.74) is 2.69. The van der Waals surface area contributed by atoms with E-state index in [0.717, 1.165) is 16.5 Å². The maximum atomic E-state index is 13.2. The molecule has 5 rings (SSSR count). The molecule has 0 unspecified atom stereocenters. The van der Waals surface area contributed by atoms with Crippen LogP contribution < -0.4 is 0 Å². The van der Waals surface area contributed by atoms with E-state index in [9.17, 15) is 9.59 Å². The average Bonchev–Trinajstić information content (AvgIpc) is 3.22. The standard InChI is InChI=1S/C22H24N4O4/c1-14-6-20(30-24-14)22(28)26-10-15-9-25(11-17(26)13-29-12-15)21(27)7-16-8-23-19-5-3-2-4-18(16)19/h2-6,8,15,17,23H,7,9-13H2,1H3/t15-,17-/m0/s1. The van der Waals surface area contributed by atoms with Crippen molar-refractivity contribution in [2.24, 2.45) is 5.92 Å². The summed E-state index contributed by atoms with van der Waals surface area (Å²) in [6, 6.07) is 9.43. The van der Waals surface area contributed by atoms with Crippen molar-refractivity contribution >= 4 is 22.7 Å². The van der Waals surface area contributed by atoms with E-state index in [1.54, 1.807) is 17.9 Å². The van der Waals surface area contributed by atoms with Crippen LogP contribution >= 0.6 is 0 Å². The van der Waals surface area contributed by atoms with Gasteiger partial charge in [0.1, 0.15) is 0 Å². The molecule has 30 heavy (non-hydrogen) atoms. The Kier molecular flexibility index (Phi) is 4.78. The summed E-state index contributed by atoms with van der Waals surface area (Å²) in [6.07, 6.45) is 2.24. The smallest absolute Gasteiger partial charge is 0.292 e. The number of nitrogens with one attached hydrogen (secondary N) is 1. The zero-order chi connectivity index (χ0) is 20.7. The number of aryl methyl sites for hydroxylation is 1. The summed E-state index contributed by atoms with van der Waals surface area (Å²) in [4.78, 5) is 33.1. The predicted octanol–water partition coefficient (Wildman–Crippen LogP) is 2.01. The number of aromatic amines is 1. The van der Waals surface area contributed by atoms with Crippen LogP contribution in [0, 0.1) is 12.8 Å². The molecule has 1 aromatic carbocycles. The summed E-state index contributed by atoms with van der Waals surface area (Å²) in [7, 11) is 0. The van der Waals surface area contributed by atoms with Crippen LogP contribution in [0.1, 0.15) is 21.8 Å². The molecule has 2 fully saturated rings. The molecule has 156 valence electrons. The molecule has 2 aromatic heterocycles. The van der Waals surface area contributed by atoms with Crippen molar-refractivity contribution in [1.82, 2.24) is 19.9 Å². The number of aromatic nitrogens is 2. The van der Waals surface area contributed by atoms with Gasteiger partial charge < -0.3 is 24.0 Å². The number of para-hydroxylation sites is 1. The molecule has 0 aliphatic carbocycles. The van der Waals surface area contributed by atoms with Crippen LogP contribution in [0.4, 0.5) is 0 Å². The number of amides is 2. The molecule has 0 saturated carbocycles. The van der Waals surface area contributed by atoms with Crippen molar-refractivity contribution in [3.05, 3.63) is 53.5 Å². The summed E-state index contributed by atoms with van der Waals surface area (Å²) < 4.78 is 11.0. The molecule has 0 spiro atoms. The summed E-state index contributed by atoms with van der Waals surface area (Å²) >= 11 is 0. The van der Waals surface area contributed by atoms with E-state index in [2.05, 4.69) is 10.1 Å². The number of H-pyrrole nitrogens is 1. The van der Waals surface area contributed by atoms with Crippen LogP contribution in [0.15, 0.2) is 41.1 Å². The number of fused-ring (bicyclic) bond motifs is 4. The Hall–Kier alpha value is -3.13. The third-order valence-corrected chi connectivity index (χ3v) is 5.94. The van der Waals surface area contributed by atoms with Crippen LogP contribution in [-0.4, -0.2) is 70.6 Å². The summed E-state index contributed by atoms with van der Waals surface area (Å²) in [5, 5.41) is 4.90. The lowest BCUT2D eigenvalue weighted by Crippen LogP contribution is -2.48. The molecule has 0 radical (unpaired) electrons. The highest BCUT2D eigenvalue weighted by molar-refractivity contribution is 5.92. The van der Waals surface area contributed by atoms with Gasteiger partial charge in [0, 0.05) is 48.7 Å². The van der Waals surface area contributed by atoms with Gasteiger partial charge >= 0.3 is 0 Å². The van der Waals surface area contributed by atoms with Gasteiger partial charge in [-0.15, -0.1) is 0 Å². The van der Waals surface area contributed by atoms with Gasteiger partial charge in [-0.05, 0) is 18.6 Å².